The summed E-state index contributed by atoms with van der Waals surface area (Å²) in [4.78, 5) is 0. The predicted octanol–water partition coefficient (Wildman–Crippen LogP) is 6.52. The Balaban J connectivity index is 4.07. The van der Waals surface area contributed by atoms with Gasteiger partial charge in [-0.1, -0.05) is 78.1 Å². The summed E-state index contributed by atoms with van der Waals surface area (Å²) in [6.45, 7) is 6.08. The maximum Gasteiger partial charge on any atom is 0.192 e. The van der Waals surface area contributed by atoms with Gasteiger partial charge >= 0.3 is 0 Å². The molecule has 0 rings (SSSR count). The van der Waals surface area contributed by atoms with Crippen LogP contribution in [-0.2, 0) is 9.09 Å². The Hall–Kier alpha value is 0.150. The van der Waals surface area contributed by atoms with Crippen molar-refractivity contribution in [1.29, 1.82) is 0 Å². The normalized spacial score (nSPS) is 14.6. The van der Waals surface area contributed by atoms with E-state index in [0.29, 0.717) is 12.5 Å². The standard InChI is InChI=1S/C21H47NO2P/c1-6-8-10-12-13-15-17-21(16-14-11-9-7-2)20-25(23)24-19-18-22(3,4)5/h21,25H,6-20H2,1-5H3/q+1. The molecule has 2 unspecified atom stereocenters. The van der Waals surface area contributed by atoms with Crippen molar-refractivity contribution >= 4 is 8.03 Å². The summed E-state index contributed by atoms with van der Waals surface area (Å²) in [6, 6.07) is 0. The van der Waals surface area contributed by atoms with Gasteiger partial charge < -0.3 is 9.01 Å². The zero-order valence-electron chi connectivity index (χ0n) is 17.9. The molecule has 0 fully saturated rings. The molecule has 0 aliphatic rings. The summed E-state index contributed by atoms with van der Waals surface area (Å²) in [7, 11) is 4.58. The second-order valence-electron chi connectivity index (χ2n) is 8.71. The lowest BCUT2D eigenvalue weighted by Gasteiger charge is -2.23. The van der Waals surface area contributed by atoms with E-state index >= 15 is 0 Å². The van der Waals surface area contributed by atoms with Crippen molar-refractivity contribution in [2.75, 3.05) is 40.5 Å². The number of hydrogen-bond acceptors (Lipinski definition) is 2. The first-order chi connectivity index (χ1) is 11.9. The fraction of sp³-hybridized carbons (Fsp3) is 1.00. The smallest absolute Gasteiger partial charge is 0.192 e. The third-order valence-corrected chi connectivity index (χ3v) is 6.35. The molecule has 0 heterocycles. The molecule has 0 aromatic carbocycles. The number of likely N-dealkylation sites (N-methyl/N-ethyl adjacent to an activating group) is 1. The van der Waals surface area contributed by atoms with Gasteiger partial charge in [0.05, 0.1) is 21.1 Å². The van der Waals surface area contributed by atoms with Gasteiger partial charge in [-0.25, -0.2) is 0 Å². The van der Waals surface area contributed by atoms with Crippen molar-refractivity contribution < 1.29 is 13.6 Å². The first-order valence-electron chi connectivity index (χ1n) is 10.8. The Labute approximate surface area is 159 Å². The lowest BCUT2D eigenvalue weighted by atomic mass is 9.96. The van der Waals surface area contributed by atoms with Crippen LogP contribution in [0.5, 0.6) is 0 Å². The molecule has 0 aromatic heterocycles. The summed E-state index contributed by atoms with van der Waals surface area (Å²) in [6.07, 6.45) is 16.6. The zero-order chi connectivity index (χ0) is 19.0. The Kier molecular flexibility index (Phi) is 16.4. The van der Waals surface area contributed by atoms with Crippen LogP contribution in [0, 0.1) is 5.92 Å². The van der Waals surface area contributed by atoms with E-state index in [4.69, 9.17) is 4.52 Å². The van der Waals surface area contributed by atoms with Crippen LogP contribution in [0.15, 0.2) is 0 Å². The number of hydrogen-bond donors (Lipinski definition) is 0. The van der Waals surface area contributed by atoms with Crippen molar-refractivity contribution in [2.24, 2.45) is 5.92 Å². The molecule has 0 N–H and O–H groups in total. The molecule has 0 bridgehead atoms. The van der Waals surface area contributed by atoms with Crippen LogP contribution in [-0.4, -0.2) is 44.9 Å². The van der Waals surface area contributed by atoms with E-state index < -0.39 is 8.03 Å². The molecular formula is C21H47NO2P+. The van der Waals surface area contributed by atoms with Crippen molar-refractivity contribution in [1.82, 2.24) is 0 Å². The highest BCUT2D eigenvalue weighted by Gasteiger charge is 2.14. The van der Waals surface area contributed by atoms with E-state index in [-0.39, 0.29) is 0 Å². The molecule has 152 valence electrons. The number of nitrogens with zero attached hydrogens (tertiary/aromatic N) is 1. The van der Waals surface area contributed by atoms with Crippen LogP contribution in [0.25, 0.3) is 0 Å². The second kappa shape index (κ2) is 16.3. The van der Waals surface area contributed by atoms with Gasteiger partial charge in [0.2, 0.25) is 0 Å². The van der Waals surface area contributed by atoms with E-state index in [1.165, 1.54) is 77.0 Å². The minimum absolute atomic E-state index is 0.610. The minimum Gasteiger partial charge on any atom is -0.329 e. The van der Waals surface area contributed by atoms with Gasteiger partial charge in [-0.3, -0.25) is 4.57 Å². The summed E-state index contributed by atoms with van der Waals surface area (Å²) in [5, 5.41) is 0. The average molecular weight is 377 g/mol. The molecule has 0 aliphatic heterocycles. The van der Waals surface area contributed by atoms with Crippen molar-refractivity contribution in [3.63, 3.8) is 0 Å². The number of rotatable bonds is 18. The summed E-state index contributed by atoms with van der Waals surface area (Å²) >= 11 is 0. The van der Waals surface area contributed by atoms with Gasteiger partial charge in [0.1, 0.15) is 13.2 Å². The largest absolute Gasteiger partial charge is 0.329 e. The quantitative estimate of drug-likeness (QED) is 0.155. The first kappa shape index (κ1) is 25.1. The fourth-order valence-electron chi connectivity index (χ4n) is 3.15. The van der Waals surface area contributed by atoms with Crippen LogP contribution in [0.4, 0.5) is 0 Å². The van der Waals surface area contributed by atoms with E-state index in [9.17, 15) is 4.57 Å². The van der Waals surface area contributed by atoms with E-state index in [1.54, 1.807) is 0 Å². The molecule has 25 heavy (non-hydrogen) atoms. The Bertz CT molecular complexity index is 316. The highest BCUT2D eigenvalue weighted by atomic mass is 31.1. The van der Waals surface area contributed by atoms with Crippen LogP contribution < -0.4 is 0 Å². The predicted molar refractivity (Wildman–Crippen MR) is 113 cm³/mol. The Morgan fingerprint density at radius 1 is 0.800 bits per heavy atom. The Morgan fingerprint density at radius 3 is 1.80 bits per heavy atom. The molecule has 3 nitrogen and oxygen atoms in total. The van der Waals surface area contributed by atoms with Crippen LogP contribution in [0.3, 0.4) is 0 Å². The molecule has 0 saturated heterocycles. The van der Waals surface area contributed by atoms with Crippen molar-refractivity contribution in [2.45, 2.75) is 90.9 Å². The summed E-state index contributed by atoms with van der Waals surface area (Å²) in [5.41, 5.74) is 0. The lowest BCUT2D eigenvalue weighted by molar-refractivity contribution is -0.870. The topological polar surface area (TPSA) is 26.3 Å². The monoisotopic (exact) mass is 376 g/mol. The molecule has 0 saturated carbocycles. The first-order valence-corrected chi connectivity index (χ1v) is 12.4. The molecule has 0 amide bonds. The van der Waals surface area contributed by atoms with Gasteiger partial charge in [-0.05, 0) is 18.8 Å². The zero-order valence-corrected chi connectivity index (χ0v) is 18.9. The van der Waals surface area contributed by atoms with Crippen molar-refractivity contribution in [3.05, 3.63) is 0 Å². The maximum atomic E-state index is 12.4. The third kappa shape index (κ3) is 18.7. The van der Waals surface area contributed by atoms with E-state index in [1.807, 2.05) is 0 Å². The summed E-state index contributed by atoms with van der Waals surface area (Å²) in [5.74, 6) is 0.610. The van der Waals surface area contributed by atoms with E-state index in [2.05, 4.69) is 35.0 Å². The molecule has 0 radical (unpaired) electrons. The third-order valence-electron chi connectivity index (χ3n) is 4.91. The summed E-state index contributed by atoms with van der Waals surface area (Å²) < 4.78 is 18.9. The van der Waals surface area contributed by atoms with Gasteiger partial charge in [-0.15, -0.1) is 0 Å². The minimum atomic E-state index is -1.86. The van der Waals surface area contributed by atoms with E-state index in [0.717, 1.165) is 17.2 Å². The van der Waals surface area contributed by atoms with Crippen LogP contribution >= 0.6 is 8.03 Å². The maximum absolute atomic E-state index is 12.4. The van der Waals surface area contributed by atoms with Gasteiger partial charge in [0, 0.05) is 6.16 Å². The fourth-order valence-corrected chi connectivity index (χ4v) is 4.47. The number of unbranched alkanes of at least 4 members (excludes halogenated alkanes) is 8. The second-order valence-corrected chi connectivity index (χ2v) is 10.2. The average Bonchev–Trinajstić information content (AvgIpc) is 2.53. The molecule has 0 aliphatic carbocycles. The Morgan fingerprint density at radius 2 is 1.28 bits per heavy atom. The molecule has 2 atom stereocenters. The highest BCUT2D eigenvalue weighted by molar-refractivity contribution is 7.39. The van der Waals surface area contributed by atoms with Gasteiger partial charge in [0.25, 0.3) is 0 Å². The molecule has 4 heteroatoms. The molecule has 0 aromatic rings. The lowest BCUT2D eigenvalue weighted by Crippen LogP contribution is -2.37. The SMILES string of the molecule is CCCCCCCCC(CCCCCC)C[PH](=O)OCC[N+](C)(C)C. The number of quaternary nitrogens is 1. The van der Waals surface area contributed by atoms with Crippen LogP contribution in [0.1, 0.15) is 90.9 Å². The van der Waals surface area contributed by atoms with Gasteiger partial charge in [0.15, 0.2) is 8.03 Å². The van der Waals surface area contributed by atoms with Crippen LogP contribution in [0.2, 0.25) is 0 Å². The van der Waals surface area contributed by atoms with Gasteiger partial charge in [-0.2, -0.15) is 0 Å². The highest BCUT2D eigenvalue weighted by Crippen LogP contribution is 2.31. The molecule has 0 spiro atoms. The molecular weight excluding hydrogens is 329 g/mol. The van der Waals surface area contributed by atoms with Crippen molar-refractivity contribution in [3.8, 4) is 0 Å².